The molecule has 23 heavy (non-hydrogen) atoms. The number of hydrogen-bond acceptors (Lipinski definition) is 4. The third kappa shape index (κ3) is 2.66. The van der Waals surface area contributed by atoms with Crippen molar-refractivity contribution in [2.24, 2.45) is 0 Å². The summed E-state index contributed by atoms with van der Waals surface area (Å²) in [5.74, 6) is 0.798. The molecule has 0 fully saturated rings. The van der Waals surface area contributed by atoms with Gasteiger partial charge in [0.05, 0.1) is 6.54 Å². The first-order valence-corrected chi connectivity index (χ1v) is 7.68. The van der Waals surface area contributed by atoms with Crippen LogP contribution in [0.5, 0.6) is 0 Å². The van der Waals surface area contributed by atoms with Crippen molar-refractivity contribution in [1.82, 2.24) is 19.6 Å². The zero-order valence-corrected chi connectivity index (χ0v) is 12.8. The van der Waals surface area contributed by atoms with Gasteiger partial charge in [-0.1, -0.05) is 5.16 Å². The molecule has 1 aromatic carbocycles. The second-order valence-corrected chi connectivity index (χ2v) is 5.79. The lowest BCUT2D eigenvalue weighted by Crippen LogP contribution is -2.35. The molecule has 0 spiro atoms. The number of fused-ring (bicyclic) bond motifs is 1. The Balaban J connectivity index is 1.51. The molecule has 1 unspecified atom stereocenters. The Morgan fingerprint density at radius 2 is 2.04 bits per heavy atom. The first-order valence-electron chi connectivity index (χ1n) is 7.68. The van der Waals surface area contributed by atoms with E-state index < -0.39 is 0 Å². The summed E-state index contributed by atoms with van der Waals surface area (Å²) in [5.41, 5.74) is 2.05. The van der Waals surface area contributed by atoms with E-state index in [9.17, 15) is 4.39 Å². The summed E-state index contributed by atoms with van der Waals surface area (Å²) >= 11 is 0. The first kappa shape index (κ1) is 14.1. The van der Waals surface area contributed by atoms with Crippen LogP contribution in [0, 0.1) is 5.82 Å². The number of halogens is 1. The van der Waals surface area contributed by atoms with E-state index in [4.69, 9.17) is 4.52 Å². The maximum atomic E-state index is 13.0. The van der Waals surface area contributed by atoms with E-state index in [-0.39, 0.29) is 5.82 Å². The fourth-order valence-corrected chi connectivity index (χ4v) is 3.05. The molecule has 0 bridgehead atoms. The normalized spacial score (nSPS) is 18.1. The Bertz CT molecular complexity index is 808. The molecular formula is C17H17FN4O. The summed E-state index contributed by atoms with van der Waals surface area (Å²) in [6, 6.07) is 10.6. The molecule has 118 valence electrons. The molecule has 6 heteroatoms. The van der Waals surface area contributed by atoms with Crippen molar-refractivity contribution in [2.75, 3.05) is 6.54 Å². The minimum absolute atomic E-state index is 0.275. The minimum Gasteiger partial charge on any atom is -0.349 e. The van der Waals surface area contributed by atoms with Crippen molar-refractivity contribution in [2.45, 2.75) is 26.1 Å². The molecule has 0 saturated carbocycles. The molecule has 1 aliphatic heterocycles. The molecule has 0 N–H and O–H groups in total. The van der Waals surface area contributed by atoms with Crippen LogP contribution in [-0.4, -0.2) is 26.2 Å². The molecular weight excluding hydrogens is 295 g/mol. The van der Waals surface area contributed by atoms with Gasteiger partial charge in [0.2, 0.25) is 11.7 Å². The van der Waals surface area contributed by atoms with Crippen molar-refractivity contribution >= 4 is 0 Å². The summed E-state index contributed by atoms with van der Waals surface area (Å²) in [6.07, 6.45) is 2.11. The standard InChI is InChI=1S/C17H17FN4O/c1-12-15-3-2-8-21(15)9-10-22(12)11-16-19-17(20-23-16)13-4-6-14(18)7-5-13/h2-8,12H,9-11H2,1H3. The van der Waals surface area contributed by atoms with Gasteiger partial charge >= 0.3 is 0 Å². The summed E-state index contributed by atoms with van der Waals surface area (Å²) in [4.78, 5) is 6.75. The van der Waals surface area contributed by atoms with Crippen LogP contribution < -0.4 is 0 Å². The number of aromatic nitrogens is 3. The summed E-state index contributed by atoms with van der Waals surface area (Å²) in [6.45, 7) is 4.70. The molecule has 0 saturated heterocycles. The molecule has 1 atom stereocenters. The average molecular weight is 312 g/mol. The van der Waals surface area contributed by atoms with E-state index in [1.807, 2.05) is 0 Å². The molecule has 0 radical (unpaired) electrons. The number of benzene rings is 1. The van der Waals surface area contributed by atoms with Crippen molar-refractivity contribution in [3.8, 4) is 11.4 Å². The zero-order chi connectivity index (χ0) is 15.8. The Hall–Kier alpha value is -2.47. The summed E-state index contributed by atoms with van der Waals surface area (Å²) < 4.78 is 20.6. The Morgan fingerprint density at radius 3 is 2.87 bits per heavy atom. The minimum atomic E-state index is -0.275. The molecule has 4 rings (SSSR count). The molecule has 0 aliphatic carbocycles. The van der Waals surface area contributed by atoms with Gasteiger partial charge < -0.3 is 9.09 Å². The third-order valence-electron chi connectivity index (χ3n) is 4.38. The fraction of sp³-hybridized carbons (Fsp3) is 0.294. The lowest BCUT2D eigenvalue weighted by atomic mass is 10.1. The topological polar surface area (TPSA) is 47.1 Å². The molecule has 0 amide bonds. The average Bonchev–Trinajstić information content (AvgIpc) is 3.20. The van der Waals surface area contributed by atoms with Crippen LogP contribution in [0.3, 0.4) is 0 Å². The number of hydrogen-bond donors (Lipinski definition) is 0. The molecule has 3 heterocycles. The van der Waals surface area contributed by atoms with E-state index in [0.717, 1.165) is 18.7 Å². The van der Waals surface area contributed by atoms with Crippen molar-refractivity contribution in [3.63, 3.8) is 0 Å². The second kappa shape index (κ2) is 5.62. The highest BCUT2D eigenvalue weighted by atomic mass is 19.1. The van der Waals surface area contributed by atoms with Gasteiger partial charge in [0.1, 0.15) is 5.82 Å². The van der Waals surface area contributed by atoms with E-state index in [1.165, 1.54) is 17.8 Å². The van der Waals surface area contributed by atoms with E-state index in [1.54, 1.807) is 12.1 Å². The van der Waals surface area contributed by atoms with Crippen molar-refractivity contribution < 1.29 is 8.91 Å². The number of nitrogens with zero attached hydrogens (tertiary/aromatic N) is 4. The van der Waals surface area contributed by atoms with Gasteiger partial charge in [-0.15, -0.1) is 0 Å². The lowest BCUT2D eigenvalue weighted by Gasteiger charge is -2.33. The van der Waals surface area contributed by atoms with Gasteiger partial charge in [-0.05, 0) is 43.3 Å². The van der Waals surface area contributed by atoms with Crippen molar-refractivity contribution in [1.29, 1.82) is 0 Å². The van der Waals surface area contributed by atoms with Gasteiger partial charge in [0, 0.05) is 36.6 Å². The van der Waals surface area contributed by atoms with Gasteiger partial charge in [-0.25, -0.2) is 4.39 Å². The Morgan fingerprint density at radius 1 is 1.22 bits per heavy atom. The second-order valence-electron chi connectivity index (χ2n) is 5.79. The summed E-state index contributed by atoms with van der Waals surface area (Å²) in [7, 11) is 0. The molecule has 2 aromatic heterocycles. The lowest BCUT2D eigenvalue weighted by molar-refractivity contribution is 0.141. The first-order chi connectivity index (χ1) is 11.2. The van der Waals surface area contributed by atoms with E-state index in [2.05, 4.69) is 44.9 Å². The van der Waals surface area contributed by atoms with Gasteiger partial charge in [-0.2, -0.15) is 4.98 Å². The van der Waals surface area contributed by atoms with Crippen LogP contribution in [0.4, 0.5) is 4.39 Å². The highest BCUT2D eigenvalue weighted by Gasteiger charge is 2.25. The smallest absolute Gasteiger partial charge is 0.241 e. The molecule has 3 aromatic rings. The van der Waals surface area contributed by atoms with Crippen LogP contribution in [-0.2, 0) is 13.1 Å². The monoisotopic (exact) mass is 312 g/mol. The van der Waals surface area contributed by atoms with Crippen LogP contribution >= 0.6 is 0 Å². The Labute approximate surface area is 133 Å². The molecule has 5 nitrogen and oxygen atoms in total. The zero-order valence-electron chi connectivity index (χ0n) is 12.8. The predicted molar refractivity (Wildman–Crippen MR) is 82.9 cm³/mol. The predicted octanol–water partition coefficient (Wildman–Crippen LogP) is 3.25. The quantitative estimate of drug-likeness (QED) is 0.745. The van der Waals surface area contributed by atoms with Gasteiger partial charge in [0.25, 0.3) is 0 Å². The number of rotatable bonds is 3. The highest BCUT2D eigenvalue weighted by molar-refractivity contribution is 5.53. The van der Waals surface area contributed by atoms with Crippen LogP contribution in [0.1, 0.15) is 24.6 Å². The van der Waals surface area contributed by atoms with Gasteiger partial charge in [0.15, 0.2) is 0 Å². The Kier molecular flexibility index (Phi) is 3.46. The van der Waals surface area contributed by atoms with Crippen LogP contribution in [0.15, 0.2) is 47.1 Å². The fourth-order valence-electron chi connectivity index (χ4n) is 3.05. The SMILES string of the molecule is CC1c2cccn2CCN1Cc1nc(-c2ccc(F)cc2)no1. The van der Waals surface area contributed by atoms with Crippen LogP contribution in [0.2, 0.25) is 0 Å². The van der Waals surface area contributed by atoms with Gasteiger partial charge in [-0.3, -0.25) is 4.90 Å². The van der Waals surface area contributed by atoms with E-state index >= 15 is 0 Å². The third-order valence-corrected chi connectivity index (χ3v) is 4.38. The van der Waals surface area contributed by atoms with Crippen molar-refractivity contribution in [3.05, 3.63) is 60.0 Å². The molecule has 1 aliphatic rings. The maximum absolute atomic E-state index is 13.0. The highest BCUT2D eigenvalue weighted by Crippen LogP contribution is 2.27. The van der Waals surface area contributed by atoms with E-state index in [0.29, 0.717) is 24.3 Å². The largest absolute Gasteiger partial charge is 0.349 e. The van der Waals surface area contributed by atoms with Crippen LogP contribution in [0.25, 0.3) is 11.4 Å². The summed E-state index contributed by atoms with van der Waals surface area (Å²) in [5, 5.41) is 4.00. The maximum Gasteiger partial charge on any atom is 0.241 e.